The smallest absolute Gasteiger partial charge is 0.315 e. The molecule has 0 N–H and O–H groups in total. The van der Waals surface area contributed by atoms with Crippen LogP contribution in [0.2, 0.25) is 0 Å². The van der Waals surface area contributed by atoms with E-state index in [4.69, 9.17) is 9.47 Å². The lowest BCUT2D eigenvalue weighted by atomic mass is 9.63. The number of esters is 1. The van der Waals surface area contributed by atoms with Crippen LogP contribution in [-0.2, 0) is 22.4 Å². The minimum absolute atomic E-state index is 0.170. The van der Waals surface area contributed by atoms with E-state index in [1.54, 1.807) is 0 Å². The second-order valence-corrected chi connectivity index (χ2v) is 17.5. The van der Waals surface area contributed by atoms with Crippen molar-refractivity contribution < 1.29 is 19.1 Å². The number of hydrogen-bond acceptors (Lipinski definition) is 4. The summed E-state index contributed by atoms with van der Waals surface area (Å²) < 4.78 is 13.2. The van der Waals surface area contributed by atoms with Gasteiger partial charge in [0.2, 0.25) is 0 Å². The zero-order valence-corrected chi connectivity index (χ0v) is 32.2. The summed E-state index contributed by atoms with van der Waals surface area (Å²) in [5.41, 5.74) is 4.74. The zero-order valence-electron chi connectivity index (χ0n) is 32.2. The molecule has 270 valence electrons. The first kappa shape index (κ1) is 37.6. The van der Waals surface area contributed by atoms with Gasteiger partial charge in [-0.2, -0.15) is 0 Å². The third-order valence-corrected chi connectivity index (χ3v) is 12.9. The molecule has 2 bridgehead atoms. The molecule has 1 aliphatic heterocycles. The van der Waals surface area contributed by atoms with Crippen LogP contribution < -0.4 is 9.47 Å². The van der Waals surface area contributed by atoms with Crippen LogP contribution in [-0.4, -0.2) is 17.4 Å². The van der Waals surface area contributed by atoms with Crippen molar-refractivity contribution in [3.05, 3.63) is 58.1 Å². The van der Waals surface area contributed by atoms with Crippen LogP contribution in [0.1, 0.15) is 152 Å². The summed E-state index contributed by atoms with van der Waals surface area (Å²) in [4.78, 5) is 27.4. The molecule has 6 rings (SSSR count). The average molecular weight is 671 g/mol. The zero-order chi connectivity index (χ0) is 35.3. The summed E-state index contributed by atoms with van der Waals surface area (Å²) in [5.74, 6) is 4.28. The molecule has 3 unspecified atom stereocenters. The lowest BCUT2D eigenvalue weighted by molar-refractivity contribution is -0.149. The fourth-order valence-electron chi connectivity index (χ4n) is 9.46. The number of benzene rings is 2. The first-order valence-electron chi connectivity index (χ1n) is 19.9. The van der Waals surface area contributed by atoms with Gasteiger partial charge in [-0.25, -0.2) is 0 Å². The van der Waals surface area contributed by atoms with Crippen LogP contribution in [0.15, 0.2) is 30.3 Å². The Kier molecular flexibility index (Phi) is 12.4. The SMILES string of the molecule is Cc1c(C)c2c(c(C)c1OC(=O)C1CC3CC1(C(=O)CCc1ccccc1)C3)CC[C@](C)(CCCC(C)CCCC(C)CCCC(C)C)O2. The van der Waals surface area contributed by atoms with Gasteiger partial charge in [0, 0.05) is 17.4 Å². The predicted octanol–water partition coefficient (Wildman–Crippen LogP) is 11.7. The summed E-state index contributed by atoms with van der Waals surface area (Å²) in [6.07, 6.45) is 17.3. The van der Waals surface area contributed by atoms with Crippen molar-refractivity contribution >= 4 is 11.8 Å². The Labute approximate surface area is 298 Å². The topological polar surface area (TPSA) is 52.6 Å². The number of aryl methyl sites for hydroxylation is 1. The minimum Gasteiger partial charge on any atom is -0.487 e. The van der Waals surface area contributed by atoms with Gasteiger partial charge in [0.15, 0.2) is 0 Å². The van der Waals surface area contributed by atoms with Gasteiger partial charge >= 0.3 is 5.97 Å². The third-order valence-electron chi connectivity index (χ3n) is 12.9. The van der Waals surface area contributed by atoms with Crippen LogP contribution >= 0.6 is 0 Å². The van der Waals surface area contributed by atoms with E-state index >= 15 is 0 Å². The van der Waals surface area contributed by atoms with Crippen molar-refractivity contribution in [2.24, 2.45) is 35.0 Å². The van der Waals surface area contributed by atoms with E-state index in [2.05, 4.69) is 67.5 Å². The largest absolute Gasteiger partial charge is 0.487 e. The third kappa shape index (κ3) is 8.82. The van der Waals surface area contributed by atoms with Crippen molar-refractivity contribution in [1.82, 2.24) is 0 Å². The summed E-state index contributed by atoms with van der Waals surface area (Å²) in [6, 6.07) is 10.2. The second kappa shape index (κ2) is 16.2. The summed E-state index contributed by atoms with van der Waals surface area (Å²) >= 11 is 0. The number of Topliss-reactive ketones (excluding diaryl/α,β-unsaturated/α-hetero) is 1. The second-order valence-electron chi connectivity index (χ2n) is 17.5. The molecule has 4 heteroatoms. The quantitative estimate of drug-likeness (QED) is 0.117. The van der Waals surface area contributed by atoms with E-state index in [1.165, 1.54) is 62.5 Å². The van der Waals surface area contributed by atoms with Gasteiger partial charge in [0.25, 0.3) is 0 Å². The van der Waals surface area contributed by atoms with E-state index in [-0.39, 0.29) is 23.3 Å². The molecule has 49 heavy (non-hydrogen) atoms. The average Bonchev–Trinajstić information content (AvgIpc) is 3.63. The van der Waals surface area contributed by atoms with Gasteiger partial charge in [-0.05, 0) is 125 Å². The molecule has 0 spiro atoms. The molecule has 2 aromatic rings. The number of carbonyl (C=O) groups excluding carboxylic acids is 2. The Balaban J connectivity index is 1.14. The Hall–Kier alpha value is -2.62. The fourth-order valence-corrected chi connectivity index (χ4v) is 9.46. The first-order chi connectivity index (χ1) is 23.3. The van der Waals surface area contributed by atoms with Crippen LogP contribution in [0.25, 0.3) is 0 Å². The minimum atomic E-state index is -0.532. The fraction of sp³-hybridized carbons (Fsp3) is 0.689. The van der Waals surface area contributed by atoms with E-state index in [0.29, 0.717) is 18.1 Å². The van der Waals surface area contributed by atoms with Crippen molar-refractivity contribution in [3.8, 4) is 11.5 Å². The highest BCUT2D eigenvalue weighted by Gasteiger charge is 2.63. The molecule has 0 aromatic heterocycles. The maximum Gasteiger partial charge on any atom is 0.315 e. The molecule has 4 nitrogen and oxygen atoms in total. The highest BCUT2D eigenvalue weighted by molar-refractivity contribution is 5.93. The van der Waals surface area contributed by atoms with E-state index < -0.39 is 5.41 Å². The van der Waals surface area contributed by atoms with Crippen molar-refractivity contribution in [1.29, 1.82) is 0 Å². The van der Waals surface area contributed by atoms with Gasteiger partial charge < -0.3 is 9.47 Å². The summed E-state index contributed by atoms with van der Waals surface area (Å²) in [6.45, 7) is 18.1. The monoisotopic (exact) mass is 670 g/mol. The Morgan fingerprint density at radius 3 is 2.14 bits per heavy atom. The highest BCUT2D eigenvalue weighted by Crippen LogP contribution is 2.63. The van der Waals surface area contributed by atoms with Crippen LogP contribution in [0, 0.1) is 55.8 Å². The molecular formula is C45H66O4. The van der Waals surface area contributed by atoms with Crippen molar-refractivity contribution in [2.45, 2.75) is 164 Å². The van der Waals surface area contributed by atoms with Crippen LogP contribution in [0.4, 0.5) is 0 Å². The number of rotatable bonds is 18. The van der Waals surface area contributed by atoms with E-state index in [1.807, 2.05) is 18.2 Å². The molecule has 2 aromatic carbocycles. The molecule has 0 radical (unpaired) electrons. The number of ether oxygens (including phenoxy) is 2. The number of hydrogen-bond donors (Lipinski definition) is 0. The Morgan fingerprint density at radius 2 is 1.49 bits per heavy atom. The lowest BCUT2D eigenvalue weighted by Gasteiger charge is -2.40. The van der Waals surface area contributed by atoms with E-state index in [9.17, 15) is 9.59 Å². The lowest BCUT2D eigenvalue weighted by Crippen LogP contribution is -2.44. The van der Waals surface area contributed by atoms with Gasteiger partial charge in [0.05, 0.1) is 5.92 Å². The van der Waals surface area contributed by atoms with E-state index in [0.717, 1.165) is 85.1 Å². The maximum atomic E-state index is 13.9. The highest BCUT2D eigenvalue weighted by atomic mass is 16.5. The molecule has 3 fully saturated rings. The van der Waals surface area contributed by atoms with Crippen LogP contribution in [0.5, 0.6) is 11.5 Å². The van der Waals surface area contributed by atoms with Gasteiger partial charge in [-0.15, -0.1) is 0 Å². The molecule has 4 aliphatic rings. The molecule has 3 aliphatic carbocycles. The van der Waals surface area contributed by atoms with Gasteiger partial charge in [0.1, 0.15) is 22.9 Å². The summed E-state index contributed by atoms with van der Waals surface area (Å²) in [5, 5.41) is 0. The molecule has 3 saturated carbocycles. The number of carbonyl (C=O) groups is 2. The Bertz CT molecular complexity index is 1430. The standard InChI is InChI=1S/C45H66O4/c1-30(2)15-12-16-31(3)17-13-18-32(4)19-14-25-44(8)26-24-38-35(7)41(33(5)34(6)42(38)49-44)48-43(47)39-27-37-28-45(39,29-37)40(46)23-22-36-20-10-9-11-21-36/h9-11,20-21,30-32,37,39H,12-19,22-29H2,1-8H3/t31?,32?,37?,39?,44-,45?/m0/s1. The number of fused-ring (bicyclic) bond motifs is 2. The van der Waals surface area contributed by atoms with Crippen molar-refractivity contribution in [3.63, 3.8) is 0 Å². The normalized spacial score (nSPS) is 25.3. The predicted molar refractivity (Wildman–Crippen MR) is 201 cm³/mol. The molecule has 4 atom stereocenters. The maximum absolute atomic E-state index is 13.9. The van der Waals surface area contributed by atoms with Crippen LogP contribution in [0.3, 0.4) is 0 Å². The van der Waals surface area contributed by atoms with Gasteiger partial charge in [-0.1, -0.05) is 103 Å². The molecule has 0 saturated heterocycles. The Morgan fingerprint density at radius 1 is 0.857 bits per heavy atom. The van der Waals surface area contributed by atoms with Crippen molar-refractivity contribution in [2.75, 3.05) is 0 Å². The van der Waals surface area contributed by atoms with Gasteiger partial charge in [-0.3, -0.25) is 9.59 Å². The first-order valence-corrected chi connectivity index (χ1v) is 19.9. The summed E-state index contributed by atoms with van der Waals surface area (Å²) in [7, 11) is 0. The molecular weight excluding hydrogens is 604 g/mol. The molecule has 1 heterocycles. The number of ketones is 1. The molecule has 0 amide bonds.